The van der Waals surface area contributed by atoms with E-state index in [-0.39, 0.29) is 10.8 Å². The second-order valence-corrected chi connectivity index (χ2v) is 9.15. The van der Waals surface area contributed by atoms with Gasteiger partial charge in [0.15, 0.2) is 0 Å². The zero-order valence-electron chi connectivity index (χ0n) is 12.0. The Labute approximate surface area is 141 Å². The van der Waals surface area contributed by atoms with Gasteiger partial charge >= 0.3 is 0 Å². The summed E-state index contributed by atoms with van der Waals surface area (Å²) in [6.07, 6.45) is 0. The van der Waals surface area contributed by atoms with Crippen molar-refractivity contribution in [2.75, 3.05) is 11.9 Å². The minimum atomic E-state index is -3.67. The molecule has 0 bridgehead atoms. The molecule has 0 saturated carbocycles. The van der Waals surface area contributed by atoms with Crippen LogP contribution in [-0.4, -0.2) is 20.9 Å². The quantitative estimate of drug-likeness (QED) is 0.806. The van der Waals surface area contributed by atoms with E-state index in [0.717, 1.165) is 22.5 Å². The van der Waals surface area contributed by atoms with Gasteiger partial charge in [0.25, 0.3) is 10.0 Å². The van der Waals surface area contributed by atoms with Gasteiger partial charge in [-0.1, -0.05) is 18.2 Å². The van der Waals surface area contributed by atoms with E-state index in [2.05, 4.69) is 26.0 Å². The van der Waals surface area contributed by atoms with Crippen LogP contribution >= 0.6 is 27.3 Å². The highest BCUT2D eigenvalue weighted by Crippen LogP contribution is 2.25. The third kappa shape index (κ3) is 4.16. The first kappa shape index (κ1) is 17.1. The topological polar surface area (TPSA) is 75.3 Å². The SMILES string of the molecule is Cc1cccc(C)c1NC(=O)CNS(=O)(=O)c1ccc(Br)s1. The molecule has 22 heavy (non-hydrogen) atoms. The first-order chi connectivity index (χ1) is 10.3. The van der Waals surface area contributed by atoms with Gasteiger partial charge in [0.05, 0.1) is 10.3 Å². The molecule has 0 aliphatic rings. The van der Waals surface area contributed by atoms with E-state index in [4.69, 9.17) is 0 Å². The van der Waals surface area contributed by atoms with E-state index in [1.807, 2.05) is 32.0 Å². The van der Waals surface area contributed by atoms with Crippen molar-refractivity contribution in [1.82, 2.24) is 4.72 Å². The monoisotopic (exact) mass is 402 g/mol. The fourth-order valence-electron chi connectivity index (χ4n) is 1.87. The van der Waals surface area contributed by atoms with Crippen LogP contribution in [-0.2, 0) is 14.8 Å². The van der Waals surface area contributed by atoms with Gasteiger partial charge < -0.3 is 5.32 Å². The molecule has 118 valence electrons. The number of sulfonamides is 1. The summed E-state index contributed by atoms with van der Waals surface area (Å²) in [5, 5.41) is 2.74. The number of para-hydroxylation sites is 1. The van der Waals surface area contributed by atoms with E-state index in [1.165, 1.54) is 6.07 Å². The Kier molecular flexibility index (Phi) is 5.38. The van der Waals surface area contributed by atoms with Gasteiger partial charge in [0.2, 0.25) is 5.91 Å². The predicted molar refractivity (Wildman–Crippen MR) is 91.8 cm³/mol. The van der Waals surface area contributed by atoms with Crippen molar-refractivity contribution in [3.05, 3.63) is 45.2 Å². The number of carbonyl (C=O) groups excluding carboxylic acids is 1. The number of hydrogen-bond acceptors (Lipinski definition) is 4. The predicted octanol–water partition coefficient (Wildman–Crippen LogP) is 3.04. The number of nitrogens with one attached hydrogen (secondary N) is 2. The Hall–Kier alpha value is -1.22. The molecule has 0 aliphatic heterocycles. The summed E-state index contributed by atoms with van der Waals surface area (Å²) in [5.41, 5.74) is 2.57. The fraction of sp³-hybridized carbons (Fsp3) is 0.214. The number of rotatable bonds is 5. The summed E-state index contributed by atoms with van der Waals surface area (Å²) in [5.74, 6) is -0.406. The molecular weight excluding hydrogens is 388 g/mol. The van der Waals surface area contributed by atoms with Crippen LogP contribution in [0.3, 0.4) is 0 Å². The second kappa shape index (κ2) is 6.91. The molecule has 1 aromatic heterocycles. The lowest BCUT2D eigenvalue weighted by atomic mass is 10.1. The maximum Gasteiger partial charge on any atom is 0.250 e. The van der Waals surface area contributed by atoms with Gasteiger partial charge in [-0.3, -0.25) is 4.79 Å². The molecule has 1 amide bonds. The zero-order valence-corrected chi connectivity index (χ0v) is 15.2. The van der Waals surface area contributed by atoms with Crippen molar-refractivity contribution >= 4 is 48.9 Å². The summed E-state index contributed by atoms with van der Waals surface area (Å²) in [4.78, 5) is 12.0. The minimum Gasteiger partial charge on any atom is -0.324 e. The minimum absolute atomic E-state index is 0.166. The standard InChI is InChI=1S/C14H15BrN2O3S2/c1-9-4-3-5-10(2)14(9)17-12(18)8-16-22(19,20)13-7-6-11(15)21-13/h3-7,16H,8H2,1-2H3,(H,17,18). The van der Waals surface area contributed by atoms with Crippen LogP contribution in [0.1, 0.15) is 11.1 Å². The average Bonchev–Trinajstić information content (AvgIpc) is 2.88. The number of halogens is 1. The smallest absolute Gasteiger partial charge is 0.250 e. The Morgan fingerprint density at radius 3 is 2.36 bits per heavy atom. The highest BCUT2D eigenvalue weighted by atomic mass is 79.9. The highest BCUT2D eigenvalue weighted by molar-refractivity contribution is 9.11. The Bertz CT molecular complexity index is 780. The van der Waals surface area contributed by atoms with Crippen LogP contribution in [0.15, 0.2) is 38.3 Å². The van der Waals surface area contributed by atoms with Gasteiger partial charge in [-0.2, -0.15) is 0 Å². The molecule has 2 aromatic rings. The maximum atomic E-state index is 12.0. The van der Waals surface area contributed by atoms with Crippen molar-refractivity contribution in [3.63, 3.8) is 0 Å². The van der Waals surface area contributed by atoms with Crippen molar-refractivity contribution < 1.29 is 13.2 Å². The van der Waals surface area contributed by atoms with Gasteiger partial charge in [0.1, 0.15) is 4.21 Å². The Morgan fingerprint density at radius 2 is 1.82 bits per heavy atom. The lowest BCUT2D eigenvalue weighted by Crippen LogP contribution is -2.32. The van der Waals surface area contributed by atoms with Gasteiger partial charge in [-0.25, -0.2) is 13.1 Å². The molecule has 1 aromatic carbocycles. The van der Waals surface area contributed by atoms with Crippen LogP contribution in [0, 0.1) is 13.8 Å². The Balaban J connectivity index is 2.01. The van der Waals surface area contributed by atoms with E-state index < -0.39 is 15.9 Å². The molecule has 0 spiro atoms. The largest absolute Gasteiger partial charge is 0.324 e. The summed E-state index contributed by atoms with van der Waals surface area (Å²) in [6.45, 7) is 3.46. The third-order valence-corrected chi connectivity index (χ3v) is 6.50. The summed E-state index contributed by atoms with van der Waals surface area (Å²) < 4.78 is 27.2. The van der Waals surface area contributed by atoms with Crippen LogP contribution in [0.4, 0.5) is 5.69 Å². The summed E-state index contributed by atoms with van der Waals surface area (Å²) >= 11 is 4.30. The molecule has 0 unspecified atom stereocenters. The lowest BCUT2D eigenvalue weighted by molar-refractivity contribution is -0.115. The normalized spacial score (nSPS) is 11.4. The van der Waals surface area contributed by atoms with Gasteiger partial charge in [-0.05, 0) is 53.0 Å². The number of thiophene rings is 1. The second-order valence-electron chi connectivity index (χ2n) is 4.70. The highest BCUT2D eigenvalue weighted by Gasteiger charge is 2.18. The van der Waals surface area contributed by atoms with Crippen molar-refractivity contribution in [2.24, 2.45) is 0 Å². The van der Waals surface area contributed by atoms with Crippen LogP contribution in [0.5, 0.6) is 0 Å². The molecular formula is C14H15BrN2O3S2. The van der Waals surface area contributed by atoms with E-state index in [9.17, 15) is 13.2 Å². The number of amides is 1. The Morgan fingerprint density at radius 1 is 1.18 bits per heavy atom. The molecule has 0 fully saturated rings. The number of benzene rings is 1. The molecule has 0 aliphatic carbocycles. The van der Waals surface area contributed by atoms with Gasteiger partial charge in [-0.15, -0.1) is 11.3 Å². The number of hydrogen-bond donors (Lipinski definition) is 2. The number of anilines is 1. The summed E-state index contributed by atoms with van der Waals surface area (Å²) in [6, 6.07) is 8.81. The van der Waals surface area contributed by atoms with Crippen molar-refractivity contribution in [1.29, 1.82) is 0 Å². The van der Waals surface area contributed by atoms with Crippen LogP contribution < -0.4 is 10.0 Å². The molecule has 0 saturated heterocycles. The molecule has 2 rings (SSSR count). The summed E-state index contributed by atoms with van der Waals surface area (Å²) in [7, 11) is -3.67. The molecule has 0 atom stereocenters. The number of carbonyl (C=O) groups is 1. The first-order valence-corrected chi connectivity index (χ1v) is 9.50. The van der Waals surface area contributed by atoms with Crippen molar-refractivity contribution in [3.8, 4) is 0 Å². The molecule has 8 heteroatoms. The lowest BCUT2D eigenvalue weighted by Gasteiger charge is -2.11. The fourth-order valence-corrected chi connectivity index (χ4v) is 4.91. The van der Waals surface area contributed by atoms with E-state index in [0.29, 0.717) is 9.47 Å². The average molecular weight is 403 g/mol. The first-order valence-electron chi connectivity index (χ1n) is 6.40. The third-order valence-electron chi connectivity index (χ3n) is 2.98. The molecule has 2 N–H and O–H groups in total. The van der Waals surface area contributed by atoms with Crippen LogP contribution in [0.25, 0.3) is 0 Å². The van der Waals surface area contributed by atoms with Crippen molar-refractivity contribution in [2.45, 2.75) is 18.1 Å². The molecule has 1 heterocycles. The number of aryl methyl sites for hydroxylation is 2. The molecule has 0 radical (unpaired) electrons. The maximum absolute atomic E-state index is 12.0. The molecule has 5 nitrogen and oxygen atoms in total. The zero-order chi connectivity index (χ0) is 16.3. The van der Waals surface area contributed by atoms with E-state index in [1.54, 1.807) is 6.07 Å². The van der Waals surface area contributed by atoms with Crippen LogP contribution in [0.2, 0.25) is 0 Å². The van der Waals surface area contributed by atoms with E-state index >= 15 is 0 Å². The van der Waals surface area contributed by atoms with Gasteiger partial charge in [0, 0.05) is 5.69 Å².